The minimum atomic E-state index is -0.116. The molecular formula is C18H28N4O3. The first-order valence-electron chi connectivity index (χ1n) is 9.16. The van der Waals surface area contributed by atoms with Crippen LogP contribution in [0.15, 0.2) is 12.4 Å². The quantitative estimate of drug-likeness (QED) is 0.825. The minimum Gasteiger partial charge on any atom is -0.469 e. The van der Waals surface area contributed by atoms with Crippen molar-refractivity contribution in [1.29, 1.82) is 0 Å². The lowest BCUT2D eigenvalue weighted by atomic mass is 9.87. The number of aliphatic hydroxyl groups is 1. The third-order valence-corrected chi connectivity index (χ3v) is 5.50. The van der Waals surface area contributed by atoms with E-state index in [2.05, 4.69) is 26.7 Å². The summed E-state index contributed by atoms with van der Waals surface area (Å²) in [5.74, 6) is 1.84. The highest BCUT2D eigenvalue weighted by molar-refractivity contribution is 5.73. The van der Waals surface area contributed by atoms with E-state index in [4.69, 9.17) is 4.74 Å². The molecule has 0 aromatic carbocycles. The number of hydrogen-bond acceptors (Lipinski definition) is 7. The fourth-order valence-corrected chi connectivity index (χ4v) is 4.01. The third-order valence-electron chi connectivity index (χ3n) is 5.50. The number of aromatic nitrogens is 2. The molecule has 3 heterocycles. The van der Waals surface area contributed by atoms with E-state index in [1.807, 2.05) is 6.07 Å². The molecule has 0 amide bonds. The molecule has 2 aliphatic rings. The molecule has 0 spiro atoms. The van der Waals surface area contributed by atoms with Crippen LogP contribution in [0.5, 0.6) is 0 Å². The second-order valence-corrected chi connectivity index (χ2v) is 7.10. The third kappa shape index (κ3) is 3.86. The highest BCUT2D eigenvalue weighted by Gasteiger charge is 2.33. The van der Waals surface area contributed by atoms with Gasteiger partial charge >= 0.3 is 5.97 Å². The molecule has 0 saturated carbocycles. The minimum absolute atomic E-state index is 0.0385. The van der Waals surface area contributed by atoms with Crippen LogP contribution in [-0.4, -0.2) is 60.4 Å². The predicted octanol–water partition coefficient (Wildman–Crippen LogP) is 1.46. The van der Waals surface area contributed by atoms with E-state index >= 15 is 0 Å². The smallest absolute Gasteiger partial charge is 0.309 e. The Kier molecular flexibility index (Phi) is 5.73. The lowest BCUT2D eigenvalue weighted by molar-refractivity contribution is -0.147. The number of aliphatic hydroxyl groups excluding tert-OH is 1. The van der Waals surface area contributed by atoms with Crippen molar-refractivity contribution in [2.75, 3.05) is 43.2 Å². The van der Waals surface area contributed by atoms with Crippen LogP contribution in [0.4, 0.5) is 11.6 Å². The molecule has 7 nitrogen and oxygen atoms in total. The summed E-state index contributed by atoms with van der Waals surface area (Å²) in [6.07, 6.45) is 5.65. The standard InChI is InChI=1S/C18H28N4O3/c1-13-10-21(8-6-15(13)18(24)25-2)16-9-17(20-12-19-16)22-7-4-3-5-14(22)11-23/h9,12-15,23H,3-8,10-11H2,1-2H3. The molecule has 2 saturated heterocycles. The molecule has 1 aromatic rings. The first-order valence-corrected chi connectivity index (χ1v) is 9.16. The molecule has 25 heavy (non-hydrogen) atoms. The molecule has 138 valence electrons. The molecule has 7 heteroatoms. The molecule has 3 atom stereocenters. The summed E-state index contributed by atoms with van der Waals surface area (Å²) in [4.78, 5) is 25.1. The van der Waals surface area contributed by atoms with Gasteiger partial charge in [-0.2, -0.15) is 0 Å². The van der Waals surface area contributed by atoms with E-state index in [-0.39, 0.29) is 30.5 Å². The van der Waals surface area contributed by atoms with Crippen LogP contribution >= 0.6 is 0 Å². The Morgan fingerprint density at radius 2 is 2.08 bits per heavy atom. The van der Waals surface area contributed by atoms with E-state index in [9.17, 15) is 9.90 Å². The van der Waals surface area contributed by atoms with Crippen LogP contribution in [0.1, 0.15) is 32.6 Å². The van der Waals surface area contributed by atoms with Crippen LogP contribution in [0, 0.1) is 11.8 Å². The number of esters is 1. The van der Waals surface area contributed by atoms with E-state index in [0.29, 0.717) is 0 Å². The number of ether oxygens (including phenoxy) is 1. The van der Waals surface area contributed by atoms with E-state index in [1.165, 1.54) is 7.11 Å². The second kappa shape index (κ2) is 7.99. The van der Waals surface area contributed by atoms with Gasteiger partial charge < -0.3 is 19.6 Å². The van der Waals surface area contributed by atoms with Crippen molar-refractivity contribution in [3.8, 4) is 0 Å². The second-order valence-electron chi connectivity index (χ2n) is 7.10. The molecule has 3 rings (SSSR count). The summed E-state index contributed by atoms with van der Waals surface area (Å²) in [6.45, 7) is 4.72. The SMILES string of the molecule is COC(=O)C1CCN(c2cc(N3CCCCC3CO)ncn2)CC1C. The van der Waals surface area contributed by atoms with Crippen LogP contribution in [-0.2, 0) is 9.53 Å². The molecule has 3 unspecified atom stereocenters. The van der Waals surface area contributed by atoms with Crippen molar-refractivity contribution in [1.82, 2.24) is 9.97 Å². The van der Waals surface area contributed by atoms with E-state index in [1.54, 1.807) is 6.33 Å². The van der Waals surface area contributed by atoms with Gasteiger partial charge in [0, 0.05) is 25.7 Å². The topological polar surface area (TPSA) is 78.8 Å². The fraction of sp³-hybridized carbons (Fsp3) is 0.722. The van der Waals surface area contributed by atoms with Crippen LogP contribution in [0.2, 0.25) is 0 Å². The lowest BCUT2D eigenvalue weighted by Crippen LogP contribution is -2.44. The lowest BCUT2D eigenvalue weighted by Gasteiger charge is -2.38. The Morgan fingerprint density at radius 3 is 2.80 bits per heavy atom. The summed E-state index contributed by atoms with van der Waals surface area (Å²) < 4.78 is 4.91. The van der Waals surface area contributed by atoms with Gasteiger partial charge in [-0.25, -0.2) is 9.97 Å². The number of piperidine rings is 2. The zero-order valence-electron chi connectivity index (χ0n) is 15.1. The molecule has 0 radical (unpaired) electrons. The van der Waals surface area contributed by atoms with Gasteiger partial charge in [0.15, 0.2) is 0 Å². The molecule has 0 aliphatic carbocycles. The van der Waals surface area contributed by atoms with Gasteiger partial charge in [-0.1, -0.05) is 6.92 Å². The van der Waals surface area contributed by atoms with Crippen molar-refractivity contribution in [2.24, 2.45) is 11.8 Å². The molecule has 2 aliphatic heterocycles. The number of hydrogen-bond donors (Lipinski definition) is 1. The average Bonchev–Trinajstić information content (AvgIpc) is 2.67. The van der Waals surface area contributed by atoms with Gasteiger partial charge in [-0.3, -0.25) is 4.79 Å². The molecule has 0 bridgehead atoms. The Morgan fingerprint density at radius 1 is 1.28 bits per heavy atom. The summed E-state index contributed by atoms with van der Waals surface area (Å²) in [7, 11) is 1.45. The summed E-state index contributed by atoms with van der Waals surface area (Å²) in [6, 6.07) is 2.15. The Balaban J connectivity index is 1.73. The Hall–Kier alpha value is -1.89. The molecule has 1 N–H and O–H groups in total. The van der Waals surface area contributed by atoms with Crippen molar-refractivity contribution < 1.29 is 14.6 Å². The first kappa shape index (κ1) is 17.9. The average molecular weight is 348 g/mol. The summed E-state index contributed by atoms with van der Waals surface area (Å²) in [5.41, 5.74) is 0. The van der Waals surface area contributed by atoms with Gasteiger partial charge in [0.25, 0.3) is 0 Å². The number of carbonyl (C=O) groups is 1. The van der Waals surface area contributed by atoms with Crippen molar-refractivity contribution in [2.45, 2.75) is 38.6 Å². The summed E-state index contributed by atoms with van der Waals surface area (Å²) in [5, 5.41) is 9.64. The van der Waals surface area contributed by atoms with E-state index < -0.39 is 0 Å². The van der Waals surface area contributed by atoms with Crippen LogP contribution < -0.4 is 9.80 Å². The fourth-order valence-electron chi connectivity index (χ4n) is 4.01. The number of anilines is 2. The first-order chi connectivity index (χ1) is 12.1. The molecular weight excluding hydrogens is 320 g/mol. The van der Waals surface area contributed by atoms with Gasteiger partial charge in [0.2, 0.25) is 0 Å². The predicted molar refractivity (Wildman–Crippen MR) is 95.6 cm³/mol. The van der Waals surface area contributed by atoms with Crippen LogP contribution in [0.25, 0.3) is 0 Å². The Labute approximate surface area is 149 Å². The maximum Gasteiger partial charge on any atom is 0.309 e. The maximum absolute atomic E-state index is 11.9. The van der Waals surface area contributed by atoms with Crippen LogP contribution in [0.3, 0.4) is 0 Å². The van der Waals surface area contributed by atoms with Crippen molar-refractivity contribution in [3.63, 3.8) is 0 Å². The van der Waals surface area contributed by atoms with Gasteiger partial charge in [0.1, 0.15) is 18.0 Å². The Bertz CT molecular complexity index is 597. The number of carbonyl (C=O) groups excluding carboxylic acids is 1. The van der Waals surface area contributed by atoms with Gasteiger partial charge in [0.05, 0.1) is 25.7 Å². The zero-order valence-corrected chi connectivity index (χ0v) is 15.1. The highest BCUT2D eigenvalue weighted by Crippen LogP contribution is 2.30. The summed E-state index contributed by atoms with van der Waals surface area (Å²) >= 11 is 0. The monoisotopic (exact) mass is 348 g/mol. The molecule has 2 fully saturated rings. The van der Waals surface area contributed by atoms with Crippen molar-refractivity contribution in [3.05, 3.63) is 12.4 Å². The van der Waals surface area contributed by atoms with E-state index in [0.717, 1.165) is 57.0 Å². The van der Waals surface area contributed by atoms with Gasteiger partial charge in [-0.05, 0) is 31.6 Å². The number of methoxy groups -OCH3 is 1. The molecule has 1 aromatic heterocycles. The normalized spacial score (nSPS) is 27.2. The largest absolute Gasteiger partial charge is 0.469 e. The zero-order chi connectivity index (χ0) is 17.8. The van der Waals surface area contributed by atoms with Crippen molar-refractivity contribution >= 4 is 17.6 Å². The number of nitrogens with zero attached hydrogens (tertiary/aromatic N) is 4. The van der Waals surface area contributed by atoms with Gasteiger partial charge in [-0.15, -0.1) is 0 Å². The highest BCUT2D eigenvalue weighted by atomic mass is 16.5. The maximum atomic E-state index is 11.9. The number of rotatable bonds is 4.